The smallest absolute Gasteiger partial charge is 0.412 e. The molecule has 212 valence electrons. The molecule has 2 amide bonds. The predicted octanol–water partition coefficient (Wildman–Crippen LogP) is 9.29. The first-order chi connectivity index (χ1) is 20.2. The summed E-state index contributed by atoms with van der Waals surface area (Å²) in [6.45, 7) is 6.14. The molecule has 0 bridgehead atoms. The molecule has 4 aromatic carbocycles. The summed E-state index contributed by atoms with van der Waals surface area (Å²) in [5, 5.41) is 15.7. The van der Waals surface area contributed by atoms with E-state index in [9.17, 15) is 14.7 Å². The van der Waals surface area contributed by atoms with Crippen LogP contribution in [0.3, 0.4) is 0 Å². The van der Waals surface area contributed by atoms with Crippen molar-refractivity contribution < 1.29 is 14.7 Å². The van der Waals surface area contributed by atoms with Gasteiger partial charge in [-0.25, -0.2) is 4.79 Å². The number of anilines is 4. The average molecular weight is 576 g/mol. The van der Waals surface area contributed by atoms with E-state index in [1.165, 1.54) is 4.90 Å². The highest BCUT2D eigenvalue weighted by Crippen LogP contribution is 2.42. The van der Waals surface area contributed by atoms with E-state index in [1.807, 2.05) is 135 Å². The predicted molar refractivity (Wildman–Crippen MR) is 173 cm³/mol. The zero-order chi connectivity index (χ0) is 29.7. The first kappa shape index (κ1) is 28.6. The van der Waals surface area contributed by atoms with Gasteiger partial charge in [-0.05, 0) is 91.9 Å². The van der Waals surface area contributed by atoms with Gasteiger partial charge in [0.05, 0.1) is 11.4 Å². The summed E-state index contributed by atoms with van der Waals surface area (Å²) in [5.74, 6) is -0.257. The van der Waals surface area contributed by atoms with Crippen molar-refractivity contribution in [3.05, 3.63) is 132 Å². The Kier molecular flexibility index (Phi) is 8.41. The molecule has 7 heteroatoms. The summed E-state index contributed by atoms with van der Waals surface area (Å²) in [6, 6.07) is 36.4. The SMILES string of the molecule is CC(C)(C)N(C(=O)O)c1ccc(-c2cccs2)cc1N(C(=O)c1ccc(CNc2ccccc2)cc1)c1ccccc1. The number of hydrogen-bond donors (Lipinski definition) is 2. The van der Waals surface area contributed by atoms with E-state index in [0.717, 1.165) is 21.7 Å². The van der Waals surface area contributed by atoms with Gasteiger partial charge in [-0.1, -0.05) is 60.7 Å². The Balaban J connectivity index is 1.59. The van der Waals surface area contributed by atoms with Gasteiger partial charge in [0, 0.05) is 33.9 Å². The molecule has 0 aliphatic carbocycles. The van der Waals surface area contributed by atoms with Crippen LogP contribution in [0.4, 0.5) is 27.5 Å². The number of carbonyl (C=O) groups excluding carboxylic acids is 1. The first-order valence-electron chi connectivity index (χ1n) is 13.7. The standard InChI is InChI=1S/C35H33N3O3S/c1-35(2,3)38(34(40)41)30-21-20-27(32-15-10-22-42-32)23-31(30)37(29-13-8-5-9-14-29)33(39)26-18-16-25(17-19-26)24-36-28-11-6-4-7-12-28/h4-23,36H,24H2,1-3H3,(H,40,41). The van der Waals surface area contributed by atoms with Crippen molar-refractivity contribution in [2.75, 3.05) is 15.1 Å². The Morgan fingerprint density at radius 1 is 0.786 bits per heavy atom. The van der Waals surface area contributed by atoms with Gasteiger partial charge < -0.3 is 10.4 Å². The van der Waals surface area contributed by atoms with Crippen molar-refractivity contribution in [2.45, 2.75) is 32.9 Å². The number of amides is 2. The third-order valence-corrected chi connectivity index (χ3v) is 7.73. The molecule has 2 N–H and O–H groups in total. The van der Waals surface area contributed by atoms with E-state index in [-0.39, 0.29) is 5.91 Å². The Morgan fingerprint density at radius 3 is 2.05 bits per heavy atom. The maximum atomic E-state index is 14.4. The molecule has 0 unspecified atom stereocenters. The molecule has 0 atom stereocenters. The van der Waals surface area contributed by atoms with Crippen LogP contribution in [0, 0.1) is 0 Å². The van der Waals surface area contributed by atoms with Crippen LogP contribution < -0.4 is 15.1 Å². The zero-order valence-electron chi connectivity index (χ0n) is 23.8. The summed E-state index contributed by atoms with van der Waals surface area (Å²) < 4.78 is 0. The fourth-order valence-electron chi connectivity index (χ4n) is 4.84. The molecular formula is C35H33N3O3S. The van der Waals surface area contributed by atoms with Gasteiger partial charge in [-0.15, -0.1) is 11.3 Å². The van der Waals surface area contributed by atoms with Gasteiger partial charge in [0.2, 0.25) is 0 Å². The number of carboxylic acid groups (broad SMARTS) is 1. The summed E-state index contributed by atoms with van der Waals surface area (Å²) >= 11 is 1.59. The lowest BCUT2D eigenvalue weighted by Gasteiger charge is -2.36. The summed E-state index contributed by atoms with van der Waals surface area (Å²) in [5.41, 5.74) is 4.25. The van der Waals surface area contributed by atoms with Crippen molar-refractivity contribution in [3.8, 4) is 10.4 Å². The van der Waals surface area contributed by atoms with Crippen LogP contribution in [-0.2, 0) is 6.54 Å². The number of nitrogens with one attached hydrogen (secondary N) is 1. The normalized spacial score (nSPS) is 11.1. The highest BCUT2D eigenvalue weighted by atomic mass is 32.1. The van der Waals surface area contributed by atoms with E-state index in [1.54, 1.807) is 22.3 Å². The quantitative estimate of drug-likeness (QED) is 0.193. The lowest BCUT2D eigenvalue weighted by molar-refractivity contribution is 0.0999. The number of para-hydroxylation sites is 2. The average Bonchev–Trinajstić information content (AvgIpc) is 3.53. The third kappa shape index (κ3) is 6.37. The minimum Gasteiger partial charge on any atom is -0.465 e. The fraction of sp³-hybridized carbons (Fsp3) is 0.143. The van der Waals surface area contributed by atoms with Crippen molar-refractivity contribution >= 4 is 46.1 Å². The molecule has 5 rings (SSSR count). The Bertz CT molecular complexity index is 1650. The Hall–Kier alpha value is -4.88. The highest BCUT2D eigenvalue weighted by molar-refractivity contribution is 7.13. The monoisotopic (exact) mass is 575 g/mol. The van der Waals surface area contributed by atoms with E-state index >= 15 is 0 Å². The molecular weight excluding hydrogens is 542 g/mol. The van der Waals surface area contributed by atoms with Gasteiger partial charge >= 0.3 is 6.09 Å². The molecule has 0 aliphatic heterocycles. The highest BCUT2D eigenvalue weighted by Gasteiger charge is 2.33. The topological polar surface area (TPSA) is 72.9 Å². The van der Waals surface area contributed by atoms with Crippen LogP contribution in [0.1, 0.15) is 36.7 Å². The third-order valence-electron chi connectivity index (χ3n) is 6.81. The second kappa shape index (κ2) is 12.3. The molecule has 1 heterocycles. The lowest BCUT2D eigenvalue weighted by atomic mass is 10.0. The van der Waals surface area contributed by atoms with Crippen molar-refractivity contribution in [3.63, 3.8) is 0 Å². The molecule has 0 fully saturated rings. The van der Waals surface area contributed by atoms with Crippen LogP contribution in [0.5, 0.6) is 0 Å². The Morgan fingerprint density at radius 2 is 1.45 bits per heavy atom. The molecule has 0 spiro atoms. The summed E-state index contributed by atoms with van der Waals surface area (Å²) in [6.07, 6.45) is -1.09. The molecule has 6 nitrogen and oxygen atoms in total. The van der Waals surface area contributed by atoms with E-state index in [0.29, 0.717) is 29.2 Å². The van der Waals surface area contributed by atoms with Crippen LogP contribution in [-0.4, -0.2) is 22.6 Å². The van der Waals surface area contributed by atoms with Crippen LogP contribution >= 0.6 is 11.3 Å². The van der Waals surface area contributed by atoms with Crippen molar-refractivity contribution in [1.29, 1.82) is 0 Å². The first-order valence-corrected chi connectivity index (χ1v) is 14.6. The van der Waals surface area contributed by atoms with Crippen molar-refractivity contribution in [1.82, 2.24) is 0 Å². The zero-order valence-corrected chi connectivity index (χ0v) is 24.6. The maximum absolute atomic E-state index is 14.4. The molecule has 1 aromatic heterocycles. The van der Waals surface area contributed by atoms with E-state index in [2.05, 4.69) is 5.32 Å². The fourth-order valence-corrected chi connectivity index (χ4v) is 5.56. The van der Waals surface area contributed by atoms with Gasteiger partial charge in [-0.3, -0.25) is 14.6 Å². The van der Waals surface area contributed by atoms with Crippen LogP contribution in [0.15, 0.2) is 121 Å². The second-order valence-electron chi connectivity index (χ2n) is 10.9. The number of carbonyl (C=O) groups is 2. The summed E-state index contributed by atoms with van der Waals surface area (Å²) in [7, 11) is 0. The molecule has 5 aromatic rings. The number of hydrogen-bond acceptors (Lipinski definition) is 4. The Labute approximate surface area is 250 Å². The number of benzene rings is 4. The van der Waals surface area contributed by atoms with Gasteiger partial charge in [0.25, 0.3) is 5.91 Å². The van der Waals surface area contributed by atoms with Crippen molar-refractivity contribution in [2.24, 2.45) is 0 Å². The van der Waals surface area contributed by atoms with E-state index < -0.39 is 11.6 Å². The van der Waals surface area contributed by atoms with Crippen LogP contribution in [0.2, 0.25) is 0 Å². The molecule has 0 saturated heterocycles. The molecule has 0 radical (unpaired) electrons. The van der Waals surface area contributed by atoms with Gasteiger partial charge in [-0.2, -0.15) is 0 Å². The second-order valence-corrected chi connectivity index (χ2v) is 11.8. The largest absolute Gasteiger partial charge is 0.465 e. The minimum atomic E-state index is -1.09. The molecule has 0 saturated carbocycles. The number of rotatable bonds is 8. The van der Waals surface area contributed by atoms with E-state index in [4.69, 9.17) is 0 Å². The lowest BCUT2D eigenvalue weighted by Crippen LogP contribution is -2.46. The molecule has 42 heavy (non-hydrogen) atoms. The van der Waals surface area contributed by atoms with Crippen LogP contribution in [0.25, 0.3) is 10.4 Å². The number of thiophene rings is 1. The van der Waals surface area contributed by atoms with Gasteiger partial charge in [0.1, 0.15) is 0 Å². The van der Waals surface area contributed by atoms with Gasteiger partial charge in [0.15, 0.2) is 0 Å². The molecule has 0 aliphatic rings. The number of nitrogens with zero attached hydrogens (tertiary/aromatic N) is 2. The maximum Gasteiger partial charge on any atom is 0.412 e. The minimum absolute atomic E-state index is 0.257. The summed E-state index contributed by atoms with van der Waals surface area (Å²) in [4.78, 5) is 31.0.